The summed E-state index contributed by atoms with van der Waals surface area (Å²) in [6, 6.07) is 4.77. The van der Waals surface area contributed by atoms with Gasteiger partial charge in [-0.25, -0.2) is 4.79 Å². The highest BCUT2D eigenvalue weighted by atomic mass is 35.5. The fraction of sp³-hybridized carbons (Fsp3) is 0.167. The summed E-state index contributed by atoms with van der Waals surface area (Å²) in [6.07, 6.45) is 0. The summed E-state index contributed by atoms with van der Waals surface area (Å²) in [4.78, 5) is 10.7. The van der Waals surface area contributed by atoms with Crippen LogP contribution in [0.5, 0.6) is 5.75 Å². The van der Waals surface area contributed by atoms with E-state index in [0.29, 0.717) is 22.1 Å². The smallest absolute Gasteiger partial charge is 0.358 e. The second-order valence-corrected chi connectivity index (χ2v) is 4.10. The van der Waals surface area contributed by atoms with Gasteiger partial charge in [0, 0.05) is 11.6 Å². The van der Waals surface area contributed by atoms with Crippen LogP contribution >= 0.6 is 11.6 Å². The lowest BCUT2D eigenvalue weighted by atomic mass is 10.1. The predicted octanol–water partition coefficient (Wildman–Crippen LogP) is 3.01. The van der Waals surface area contributed by atoms with Gasteiger partial charge in [-0.15, -0.1) is 0 Å². The van der Waals surface area contributed by atoms with Gasteiger partial charge in [-0.2, -0.15) is 0 Å². The molecule has 94 valence electrons. The zero-order valence-corrected chi connectivity index (χ0v) is 10.5. The second kappa shape index (κ2) is 4.70. The van der Waals surface area contributed by atoms with Gasteiger partial charge in [0.2, 0.25) is 0 Å². The fourth-order valence-corrected chi connectivity index (χ4v) is 1.99. The van der Waals surface area contributed by atoms with Gasteiger partial charge in [-0.05, 0) is 24.6 Å². The Morgan fingerprint density at radius 2 is 2.17 bits per heavy atom. The summed E-state index contributed by atoms with van der Waals surface area (Å²) in [5, 5.41) is 12.6. The van der Waals surface area contributed by atoms with Crippen molar-refractivity contribution < 1.29 is 19.2 Å². The van der Waals surface area contributed by atoms with Gasteiger partial charge in [-0.3, -0.25) is 0 Å². The quantitative estimate of drug-likeness (QED) is 0.925. The molecule has 0 unspecified atom stereocenters. The summed E-state index contributed by atoms with van der Waals surface area (Å²) in [5.41, 5.74) is 1.33. The van der Waals surface area contributed by atoms with Gasteiger partial charge in [0.1, 0.15) is 5.75 Å². The molecule has 1 heterocycles. The highest BCUT2D eigenvalue weighted by Crippen LogP contribution is 2.33. The minimum atomic E-state index is -1.14. The molecule has 1 aromatic heterocycles. The lowest BCUT2D eigenvalue weighted by Crippen LogP contribution is -1.94. The first-order chi connectivity index (χ1) is 8.52. The molecular weight excluding hydrogens is 258 g/mol. The summed E-state index contributed by atoms with van der Waals surface area (Å²) >= 11 is 6.05. The maximum absolute atomic E-state index is 10.7. The van der Waals surface area contributed by atoms with Crippen LogP contribution in [0.15, 0.2) is 22.7 Å². The predicted molar refractivity (Wildman–Crippen MR) is 65.2 cm³/mol. The molecule has 5 nitrogen and oxygen atoms in total. The van der Waals surface area contributed by atoms with Crippen molar-refractivity contribution in [3.05, 3.63) is 34.5 Å². The Morgan fingerprint density at radius 1 is 1.44 bits per heavy atom. The van der Waals surface area contributed by atoms with Crippen LogP contribution < -0.4 is 4.74 Å². The normalized spacial score (nSPS) is 10.4. The van der Waals surface area contributed by atoms with Crippen molar-refractivity contribution in [1.29, 1.82) is 0 Å². The number of carboxylic acid groups (broad SMARTS) is 1. The third-order valence-corrected chi connectivity index (χ3v) is 2.73. The Bertz CT molecular complexity index is 583. The molecule has 0 aliphatic heterocycles. The highest BCUT2D eigenvalue weighted by molar-refractivity contribution is 6.32. The standard InChI is InChI=1S/C12H10ClNO4/c1-6-3-7(4-8(13)11(6)17-2)10-5-9(12(15)16)14-18-10/h3-5H,1-2H3,(H,15,16). The SMILES string of the molecule is COc1c(C)cc(-c2cc(C(=O)O)no2)cc1Cl. The van der Waals surface area contributed by atoms with Gasteiger partial charge in [0.05, 0.1) is 12.1 Å². The van der Waals surface area contributed by atoms with E-state index in [0.717, 1.165) is 5.56 Å². The van der Waals surface area contributed by atoms with Crippen LogP contribution in [0.1, 0.15) is 16.1 Å². The van der Waals surface area contributed by atoms with Gasteiger partial charge in [0.25, 0.3) is 0 Å². The maximum Gasteiger partial charge on any atom is 0.358 e. The minimum Gasteiger partial charge on any atom is -0.495 e. The number of aromatic nitrogens is 1. The summed E-state index contributed by atoms with van der Waals surface area (Å²) in [6.45, 7) is 1.84. The average molecular weight is 268 g/mol. The molecule has 0 saturated carbocycles. The van der Waals surface area contributed by atoms with E-state index in [1.807, 2.05) is 6.92 Å². The van der Waals surface area contributed by atoms with E-state index in [1.54, 1.807) is 12.1 Å². The Kier molecular flexibility index (Phi) is 3.25. The number of aryl methyl sites for hydroxylation is 1. The zero-order valence-electron chi connectivity index (χ0n) is 9.73. The third-order valence-electron chi connectivity index (χ3n) is 2.45. The van der Waals surface area contributed by atoms with E-state index in [1.165, 1.54) is 13.2 Å². The first kappa shape index (κ1) is 12.4. The number of rotatable bonds is 3. The first-order valence-electron chi connectivity index (χ1n) is 5.07. The molecule has 0 amide bonds. The van der Waals surface area contributed by atoms with E-state index in [-0.39, 0.29) is 5.69 Å². The number of hydrogen-bond acceptors (Lipinski definition) is 4. The lowest BCUT2D eigenvalue weighted by molar-refractivity contribution is 0.0686. The van der Waals surface area contributed by atoms with Crippen molar-refractivity contribution in [3.63, 3.8) is 0 Å². The molecule has 6 heteroatoms. The summed E-state index contributed by atoms with van der Waals surface area (Å²) in [7, 11) is 1.53. The minimum absolute atomic E-state index is 0.144. The third kappa shape index (κ3) is 2.17. The monoisotopic (exact) mass is 267 g/mol. The lowest BCUT2D eigenvalue weighted by Gasteiger charge is -2.08. The molecule has 1 N–H and O–H groups in total. The van der Waals surface area contributed by atoms with E-state index in [4.69, 9.17) is 26.0 Å². The van der Waals surface area contributed by atoms with Crippen LogP contribution in [-0.4, -0.2) is 23.3 Å². The number of ether oxygens (including phenoxy) is 1. The van der Waals surface area contributed by atoms with Crippen molar-refractivity contribution in [2.45, 2.75) is 6.92 Å². The highest BCUT2D eigenvalue weighted by Gasteiger charge is 2.14. The molecule has 0 bridgehead atoms. The molecule has 0 radical (unpaired) electrons. The van der Waals surface area contributed by atoms with Crippen LogP contribution in [0.25, 0.3) is 11.3 Å². The second-order valence-electron chi connectivity index (χ2n) is 3.69. The van der Waals surface area contributed by atoms with Gasteiger partial charge < -0.3 is 14.4 Å². The Labute approximate surface area is 108 Å². The first-order valence-corrected chi connectivity index (χ1v) is 5.45. The van der Waals surface area contributed by atoms with E-state index in [9.17, 15) is 4.79 Å². The zero-order chi connectivity index (χ0) is 13.3. The molecule has 0 saturated heterocycles. The molecule has 0 fully saturated rings. The fourth-order valence-electron chi connectivity index (χ4n) is 1.64. The van der Waals surface area contributed by atoms with Gasteiger partial charge in [0.15, 0.2) is 11.5 Å². The van der Waals surface area contributed by atoms with E-state index < -0.39 is 5.97 Å². The molecule has 0 spiro atoms. The maximum atomic E-state index is 10.7. The number of carboxylic acids is 1. The molecule has 18 heavy (non-hydrogen) atoms. The average Bonchev–Trinajstić information content (AvgIpc) is 2.77. The molecule has 2 aromatic rings. The number of methoxy groups -OCH3 is 1. The van der Waals surface area contributed by atoms with Gasteiger partial charge in [-0.1, -0.05) is 16.8 Å². The molecule has 0 atom stereocenters. The molecule has 1 aromatic carbocycles. The number of nitrogens with zero attached hydrogens (tertiary/aromatic N) is 1. The van der Waals surface area contributed by atoms with Gasteiger partial charge >= 0.3 is 5.97 Å². The van der Waals surface area contributed by atoms with Crippen molar-refractivity contribution in [3.8, 4) is 17.1 Å². The number of hydrogen-bond donors (Lipinski definition) is 1. The van der Waals surface area contributed by atoms with Crippen LogP contribution in [-0.2, 0) is 0 Å². The molecule has 2 rings (SSSR count). The number of carbonyl (C=O) groups is 1. The topological polar surface area (TPSA) is 72.6 Å². The van der Waals surface area contributed by atoms with Crippen LogP contribution in [0, 0.1) is 6.92 Å². The molecular formula is C12H10ClNO4. The molecule has 0 aliphatic carbocycles. The summed E-state index contributed by atoms with van der Waals surface area (Å²) in [5.74, 6) is -0.209. The van der Waals surface area contributed by atoms with Crippen LogP contribution in [0.2, 0.25) is 5.02 Å². The van der Waals surface area contributed by atoms with Crippen molar-refractivity contribution in [2.75, 3.05) is 7.11 Å². The Balaban J connectivity index is 2.47. The van der Waals surface area contributed by atoms with Crippen LogP contribution in [0.3, 0.4) is 0 Å². The Hall–Kier alpha value is -2.01. The van der Waals surface area contributed by atoms with Crippen molar-refractivity contribution in [2.24, 2.45) is 0 Å². The summed E-state index contributed by atoms with van der Waals surface area (Å²) < 4.78 is 10.1. The van der Waals surface area contributed by atoms with E-state index in [2.05, 4.69) is 5.16 Å². The number of benzene rings is 1. The number of aromatic carboxylic acids is 1. The van der Waals surface area contributed by atoms with Crippen molar-refractivity contribution in [1.82, 2.24) is 5.16 Å². The largest absolute Gasteiger partial charge is 0.495 e. The van der Waals surface area contributed by atoms with Crippen molar-refractivity contribution >= 4 is 17.6 Å². The van der Waals surface area contributed by atoms with E-state index >= 15 is 0 Å². The number of halogens is 1. The Morgan fingerprint density at radius 3 is 2.67 bits per heavy atom. The molecule has 0 aliphatic rings. The van der Waals surface area contributed by atoms with Crippen LogP contribution in [0.4, 0.5) is 0 Å².